The largest absolute Gasteiger partial charge is 0.396 e. The number of anilines is 3. The van der Waals surface area contributed by atoms with E-state index in [4.69, 9.17) is 11.5 Å². The lowest BCUT2D eigenvalue weighted by Gasteiger charge is -2.12. The minimum atomic E-state index is -0.486. The normalized spacial score (nSPS) is 10.6. The number of benzene rings is 1. The van der Waals surface area contributed by atoms with E-state index in [9.17, 15) is 4.79 Å². The summed E-state index contributed by atoms with van der Waals surface area (Å²) in [5.74, 6) is 0.770. The van der Waals surface area contributed by atoms with Crippen LogP contribution in [0.25, 0.3) is 22.6 Å². The van der Waals surface area contributed by atoms with Crippen LogP contribution in [0, 0.1) is 6.92 Å². The van der Waals surface area contributed by atoms with Crippen LogP contribution in [0.5, 0.6) is 0 Å². The average Bonchev–Trinajstić information content (AvgIpc) is 2.74. The topological polar surface area (TPSA) is 146 Å². The Morgan fingerprint density at radius 2 is 1.80 bits per heavy atom. The van der Waals surface area contributed by atoms with Gasteiger partial charge in [-0.3, -0.25) is 9.78 Å². The highest BCUT2D eigenvalue weighted by Gasteiger charge is 2.17. The first-order valence-electron chi connectivity index (χ1n) is 9.06. The number of hydrogen-bond donors (Lipinski definition) is 3. The Labute approximate surface area is 172 Å². The minimum Gasteiger partial charge on any atom is -0.396 e. The van der Waals surface area contributed by atoms with Crippen molar-refractivity contribution < 1.29 is 4.79 Å². The van der Waals surface area contributed by atoms with E-state index in [1.807, 2.05) is 30.3 Å². The predicted molar refractivity (Wildman–Crippen MR) is 114 cm³/mol. The van der Waals surface area contributed by atoms with Gasteiger partial charge in [0.05, 0.1) is 29.5 Å². The Balaban J connectivity index is 1.69. The molecule has 9 heteroatoms. The zero-order valence-electron chi connectivity index (χ0n) is 16.1. The molecule has 0 radical (unpaired) electrons. The fourth-order valence-electron chi connectivity index (χ4n) is 2.93. The van der Waals surface area contributed by atoms with Crippen molar-refractivity contribution in [2.75, 3.05) is 16.8 Å². The van der Waals surface area contributed by atoms with Crippen LogP contribution in [0.4, 0.5) is 17.2 Å². The third kappa shape index (κ3) is 3.90. The number of nitrogens with two attached hydrogens (primary N) is 2. The highest BCUT2D eigenvalue weighted by Crippen LogP contribution is 2.27. The molecule has 0 saturated heterocycles. The second-order valence-corrected chi connectivity index (χ2v) is 6.46. The monoisotopic (exact) mass is 398 g/mol. The van der Waals surface area contributed by atoms with Crippen LogP contribution in [0.15, 0.2) is 61.1 Å². The van der Waals surface area contributed by atoms with Crippen molar-refractivity contribution in [3.05, 3.63) is 72.6 Å². The van der Waals surface area contributed by atoms with E-state index in [2.05, 4.69) is 30.2 Å². The van der Waals surface area contributed by atoms with Gasteiger partial charge in [0.1, 0.15) is 11.6 Å². The van der Waals surface area contributed by atoms with Gasteiger partial charge in [-0.25, -0.2) is 19.9 Å². The van der Waals surface area contributed by atoms with Gasteiger partial charge in [0.2, 0.25) is 0 Å². The molecule has 9 nitrogen and oxygen atoms in total. The van der Waals surface area contributed by atoms with Gasteiger partial charge < -0.3 is 16.8 Å². The molecule has 0 atom stereocenters. The van der Waals surface area contributed by atoms with Crippen LogP contribution < -0.4 is 16.8 Å². The average molecular weight is 398 g/mol. The molecule has 1 amide bonds. The minimum absolute atomic E-state index is 0.0667. The molecule has 4 rings (SSSR count). The summed E-state index contributed by atoms with van der Waals surface area (Å²) in [6.07, 6.45) is 4.55. The standard InChI is InChI=1S/C21H18N8O/c1-12-26-16(9-18(23)27-12)14-7-8-24-11-17(14)28-21(30)19-15(22)10-25-20(29-19)13-5-3-2-4-6-13/h2-11H,22H2,1H3,(H,28,30)(H2,23,26,27). The van der Waals surface area contributed by atoms with Crippen molar-refractivity contribution in [1.82, 2.24) is 24.9 Å². The molecule has 0 spiro atoms. The van der Waals surface area contributed by atoms with Crippen LogP contribution in [0.3, 0.4) is 0 Å². The molecule has 0 aliphatic rings. The molecular formula is C21H18N8O. The summed E-state index contributed by atoms with van der Waals surface area (Å²) in [5.41, 5.74) is 14.5. The molecular weight excluding hydrogens is 380 g/mol. The van der Waals surface area contributed by atoms with Crippen LogP contribution in [0.1, 0.15) is 16.3 Å². The van der Waals surface area contributed by atoms with E-state index in [1.54, 1.807) is 25.3 Å². The fraction of sp³-hybridized carbons (Fsp3) is 0.0476. The predicted octanol–water partition coefficient (Wildman–Crippen LogP) is 2.72. The SMILES string of the molecule is Cc1nc(N)cc(-c2ccncc2NC(=O)c2nc(-c3ccccc3)ncc2N)n1. The van der Waals surface area contributed by atoms with E-state index in [0.717, 1.165) is 5.56 Å². The molecule has 0 aliphatic carbocycles. The lowest BCUT2D eigenvalue weighted by Crippen LogP contribution is -2.17. The molecule has 3 heterocycles. The number of aromatic nitrogens is 5. The van der Waals surface area contributed by atoms with E-state index in [1.165, 1.54) is 12.4 Å². The Morgan fingerprint density at radius 3 is 2.57 bits per heavy atom. The van der Waals surface area contributed by atoms with Gasteiger partial charge in [-0.2, -0.15) is 0 Å². The summed E-state index contributed by atoms with van der Waals surface area (Å²) in [6.45, 7) is 1.74. The van der Waals surface area contributed by atoms with E-state index in [0.29, 0.717) is 34.4 Å². The lowest BCUT2D eigenvalue weighted by atomic mass is 10.1. The zero-order valence-corrected chi connectivity index (χ0v) is 16.1. The van der Waals surface area contributed by atoms with Crippen LogP contribution in [-0.4, -0.2) is 30.8 Å². The summed E-state index contributed by atoms with van der Waals surface area (Å²) in [4.78, 5) is 34.1. The first-order valence-corrected chi connectivity index (χ1v) is 9.06. The van der Waals surface area contributed by atoms with Gasteiger partial charge in [-0.1, -0.05) is 30.3 Å². The number of carbonyl (C=O) groups excluding carboxylic acids is 1. The van der Waals surface area contributed by atoms with Gasteiger partial charge >= 0.3 is 0 Å². The maximum Gasteiger partial charge on any atom is 0.276 e. The number of pyridine rings is 1. The fourth-order valence-corrected chi connectivity index (χ4v) is 2.93. The van der Waals surface area contributed by atoms with Gasteiger partial charge in [-0.05, 0) is 13.0 Å². The maximum absolute atomic E-state index is 13.0. The van der Waals surface area contributed by atoms with Crippen molar-refractivity contribution in [1.29, 1.82) is 0 Å². The van der Waals surface area contributed by atoms with Crippen LogP contribution >= 0.6 is 0 Å². The van der Waals surface area contributed by atoms with Crippen molar-refractivity contribution >= 4 is 23.1 Å². The number of nitrogens with one attached hydrogen (secondary N) is 1. The number of rotatable bonds is 4. The summed E-state index contributed by atoms with van der Waals surface area (Å²) in [7, 11) is 0. The van der Waals surface area contributed by atoms with Gasteiger partial charge in [0, 0.05) is 23.4 Å². The molecule has 5 N–H and O–H groups in total. The van der Waals surface area contributed by atoms with Crippen molar-refractivity contribution in [2.45, 2.75) is 6.92 Å². The Hall–Kier alpha value is -4.40. The van der Waals surface area contributed by atoms with Crippen LogP contribution in [0.2, 0.25) is 0 Å². The summed E-state index contributed by atoms with van der Waals surface area (Å²) < 4.78 is 0. The highest BCUT2D eigenvalue weighted by molar-refractivity contribution is 6.07. The summed E-state index contributed by atoms with van der Waals surface area (Å²) in [5, 5.41) is 2.81. The van der Waals surface area contributed by atoms with Gasteiger partial charge in [0.25, 0.3) is 5.91 Å². The smallest absolute Gasteiger partial charge is 0.276 e. The second-order valence-electron chi connectivity index (χ2n) is 6.46. The number of carbonyl (C=O) groups is 1. The Kier molecular flexibility index (Phi) is 5.00. The van der Waals surface area contributed by atoms with Gasteiger partial charge in [0.15, 0.2) is 11.5 Å². The van der Waals surface area contributed by atoms with Crippen LogP contribution in [-0.2, 0) is 0 Å². The molecule has 0 unspecified atom stereocenters. The second kappa shape index (κ2) is 7.92. The van der Waals surface area contributed by atoms with E-state index >= 15 is 0 Å². The number of amides is 1. The first-order chi connectivity index (χ1) is 14.5. The highest BCUT2D eigenvalue weighted by atomic mass is 16.1. The first kappa shape index (κ1) is 18.9. The van der Waals surface area contributed by atoms with Gasteiger partial charge in [-0.15, -0.1) is 0 Å². The maximum atomic E-state index is 13.0. The van der Waals surface area contributed by atoms with Crippen molar-refractivity contribution in [2.24, 2.45) is 0 Å². The molecule has 0 saturated carbocycles. The lowest BCUT2D eigenvalue weighted by molar-refractivity contribution is 0.102. The van der Waals surface area contributed by atoms with E-state index < -0.39 is 5.91 Å². The molecule has 148 valence electrons. The Morgan fingerprint density at radius 1 is 1.00 bits per heavy atom. The molecule has 3 aromatic heterocycles. The molecule has 0 bridgehead atoms. The summed E-state index contributed by atoms with van der Waals surface area (Å²) in [6, 6.07) is 12.7. The number of hydrogen-bond acceptors (Lipinski definition) is 8. The number of nitrogen functional groups attached to an aromatic ring is 2. The number of aryl methyl sites for hydroxylation is 1. The summed E-state index contributed by atoms with van der Waals surface area (Å²) >= 11 is 0. The zero-order chi connectivity index (χ0) is 21.1. The third-order valence-corrected chi connectivity index (χ3v) is 4.27. The molecule has 0 fully saturated rings. The quantitative estimate of drug-likeness (QED) is 0.476. The third-order valence-electron chi connectivity index (χ3n) is 4.27. The van der Waals surface area contributed by atoms with Crippen molar-refractivity contribution in [3.63, 3.8) is 0 Å². The molecule has 30 heavy (non-hydrogen) atoms. The molecule has 0 aliphatic heterocycles. The van der Waals surface area contributed by atoms with E-state index in [-0.39, 0.29) is 11.4 Å². The number of nitrogens with zero attached hydrogens (tertiary/aromatic N) is 5. The molecule has 4 aromatic rings. The van der Waals surface area contributed by atoms with Crippen molar-refractivity contribution in [3.8, 4) is 22.6 Å². The Bertz CT molecular complexity index is 1210. The molecule has 1 aromatic carbocycles.